The van der Waals surface area contributed by atoms with Crippen molar-refractivity contribution >= 4 is 17.4 Å². The first-order valence-electron chi connectivity index (χ1n) is 9.63. The van der Waals surface area contributed by atoms with Crippen molar-refractivity contribution in [1.29, 1.82) is 0 Å². The lowest BCUT2D eigenvalue weighted by Crippen LogP contribution is -2.29. The van der Waals surface area contributed by atoms with Crippen molar-refractivity contribution in [3.8, 4) is 0 Å². The normalized spacial score (nSPS) is 18.2. The summed E-state index contributed by atoms with van der Waals surface area (Å²) < 4.78 is 1.65. The maximum Gasteiger partial charge on any atom is 0.295 e. The van der Waals surface area contributed by atoms with Gasteiger partial charge in [0.1, 0.15) is 5.76 Å². The highest BCUT2D eigenvalue weighted by molar-refractivity contribution is 6.46. The van der Waals surface area contributed by atoms with E-state index in [0.29, 0.717) is 11.3 Å². The van der Waals surface area contributed by atoms with E-state index in [1.54, 1.807) is 37.1 Å². The molecule has 30 heavy (non-hydrogen) atoms. The third-order valence-corrected chi connectivity index (χ3v) is 5.48. The van der Waals surface area contributed by atoms with E-state index in [1.165, 1.54) is 4.90 Å². The standard InChI is InChI=1S/C23H22N4O3/c1-14-18(15(2)26(3)25-14)21(28)19-20(17-9-5-4-6-10-17)27(23(30)22(19)29)13-16-8-7-11-24-12-16/h4-12,20,28H,13H2,1-3H3/t20-/m0/s1. The van der Waals surface area contributed by atoms with Crippen molar-refractivity contribution in [2.24, 2.45) is 7.05 Å². The van der Waals surface area contributed by atoms with Crippen molar-refractivity contribution < 1.29 is 14.7 Å². The Morgan fingerprint density at radius 1 is 1.10 bits per heavy atom. The summed E-state index contributed by atoms with van der Waals surface area (Å²) in [6.45, 7) is 3.79. The fraction of sp³-hybridized carbons (Fsp3) is 0.217. The lowest BCUT2D eigenvalue weighted by molar-refractivity contribution is -0.140. The lowest BCUT2D eigenvalue weighted by atomic mass is 9.94. The number of nitrogens with zero attached hydrogens (tertiary/aromatic N) is 4. The monoisotopic (exact) mass is 402 g/mol. The van der Waals surface area contributed by atoms with Gasteiger partial charge in [-0.2, -0.15) is 5.10 Å². The number of aromatic nitrogens is 3. The molecule has 2 aromatic heterocycles. The third-order valence-electron chi connectivity index (χ3n) is 5.48. The molecular formula is C23H22N4O3. The average molecular weight is 402 g/mol. The Labute approximate surface area is 174 Å². The largest absolute Gasteiger partial charge is 0.507 e. The summed E-state index contributed by atoms with van der Waals surface area (Å²) in [5.74, 6) is -1.54. The number of aliphatic hydroxyl groups excluding tert-OH is 1. The molecule has 4 rings (SSSR count). The Balaban J connectivity index is 1.90. The molecule has 1 aliphatic heterocycles. The molecule has 0 spiro atoms. The van der Waals surface area contributed by atoms with Crippen molar-refractivity contribution in [3.63, 3.8) is 0 Å². The van der Waals surface area contributed by atoms with Crippen molar-refractivity contribution in [2.75, 3.05) is 0 Å². The van der Waals surface area contributed by atoms with Gasteiger partial charge in [-0.3, -0.25) is 19.3 Å². The van der Waals surface area contributed by atoms with Gasteiger partial charge < -0.3 is 10.0 Å². The number of rotatable bonds is 4. The summed E-state index contributed by atoms with van der Waals surface area (Å²) in [5.41, 5.74) is 3.43. The fourth-order valence-electron chi connectivity index (χ4n) is 3.96. The first-order valence-corrected chi connectivity index (χ1v) is 9.63. The number of benzene rings is 1. The van der Waals surface area contributed by atoms with Gasteiger partial charge in [0.2, 0.25) is 0 Å². The van der Waals surface area contributed by atoms with E-state index in [9.17, 15) is 14.7 Å². The van der Waals surface area contributed by atoms with E-state index in [4.69, 9.17) is 0 Å². The predicted octanol–water partition coefficient (Wildman–Crippen LogP) is 3.05. The zero-order chi connectivity index (χ0) is 21.4. The average Bonchev–Trinajstić information content (AvgIpc) is 3.15. The number of hydrogen-bond donors (Lipinski definition) is 1. The van der Waals surface area contributed by atoms with E-state index in [0.717, 1.165) is 16.8 Å². The maximum absolute atomic E-state index is 13.1. The molecule has 0 aliphatic carbocycles. The summed E-state index contributed by atoms with van der Waals surface area (Å²) >= 11 is 0. The smallest absolute Gasteiger partial charge is 0.295 e. The van der Waals surface area contributed by atoms with Gasteiger partial charge >= 0.3 is 0 Å². The Hall–Kier alpha value is -3.74. The highest BCUT2D eigenvalue weighted by Crippen LogP contribution is 2.41. The van der Waals surface area contributed by atoms with Gasteiger partial charge in [0.05, 0.1) is 22.9 Å². The molecule has 1 N–H and O–H groups in total. The van der Waals surface area contributed by atoms with Crippen LogP contribution in [-0.2, 0) is 23.2 Å². The maximum atomic E-state index is 13.1. The summed E-state index contributed by atoms with van der Waals surface area (Å²) in [6, 6.07) is 12.2. The minimum Gasteiger partial charge on any atom is -0.507 e. The van der Waals surface area contributed by atoms with E-state index >= 15 is 0 Å². The van der Waals surface area contributed by atoms with Crippen molar-refractivity contribution in [2.45, 2.75) is 26.4 Å². The molecule has 1 aliphatic rings. The van der Waals surface area contributed by atoms with Crippen LogP contribution in [0.15, 0.2) is 60.4 Å². The zero-order valence-corrected chi connectivity index (χ0v) is 17.0. The highest BCUT2D eigenvalue weighted by Gasteiger charge is 2.46. The number of carbonyl (C=O) groups is 2. The molecule has 1 aromatic carbocycles. The third kappa shape index (κ3) is 3.18. The molecule has 152 valence electrons. The Morgan fingerprint density at radius 2 is 1.83 bits per heavy atom. The number of aliphatic hydroxyl groups is 1. The number of carbonyl (C=O) groups excluding carboxylic acids is 2. The van der Waals surface area contributed by atoms with Gasteiger partial charge in [0, 0.05) is 31.7 Å². The van der Waals surface area contributed by atoms with Crippen LogP contribution in [0.1, 0.15) is 34.1 Å². The minimum atomic E-state index is -0.703. The number of Topliss-reactive ketones (excluding diaryl/α,β-unsaturated/α-hetero) is 1. The van der Waals surface area contributed by atoms with Crippen LogP contribution < -0.4 is 0 Å². The molecule has 1 saturated heterocycles. The molecule has 3 heterocycles. The van der Waals surface area contributed by atoms with Gasteiger partial charge in [-0.1, -0.05) is 36.4 Å². The van der Waals surface area contributed by atoms with E-state index in [1.807, 2.05) is 43.3 Å². The van der Waals surface area contributed by atoms with Crippen molar-refractivity contribution in [1.82, 2.24) is 19.7 Å². The quantitative estimate of drug-likeness (QED) is 0.412. The number of pyridine rings is 1. The SMILES string of the molecule is Cc1nn(C)c(C)c1C(O)=C1C(=O)C(=O)N(Cc2cccnc2)[C@H]1c1ccccc1. The topological polar surface area (TPSA) is 88.3 Å². The van der Waals surface area contributed by atoms with Crippen LogP contribution >= 0.6 is 0 Å². The van der Waals surface area contributed by atoms with Crippen LogP contribution in [0, 0.1) is 13.8 Å². The summed E-state index contributed by atoms with van der Waals surface area (Å²) in [4.78, 5) is 31.7. The molecule has 0 unspecified atom stereocenters. The second-order valence-electron chi connectivity index (χ2n) is 7.37. The molecule has 0 bridgehead atoms. The number of likely N-dealkylation sites (tertiary alicyclic amines) is 1. The molecular weight excluding hydrogens is 380 g/mol. The van der Waals surface area contributed by atoms with Crippen LogP contribution in [0.25, 0.3) is 5.76 Å². The zero-order valence-electron chi connectivity index (χ0n) is 17.0. The van der Waals surface area contributed by atoms with Crippen LogP contribution in [-0.4, -0.2) is 36.5 Å². The second kappa shape index (κ2) is 7.59. The molecule has 7 nitrogen and oxygen atoms in total. The van der Waals surface area contributed by atoms with Crippen molar-refractivity contribution in [3.05, 3.63) is 88.5 Å². The highest BCUT2D eigenvalue weighted by atomic mass is 16.3. The van der Waals surface area contributed by atoms with Crippen LogP contribution in [0.5, 0.6) is 0 Å². The minimum absolute atomic E-state index is 0.0780. The van der Waals surface area contributed by atoms with Gasteiger partial charge in [-0.15, -0.1) is 0 Å². The molecule has 0 radical (unpaired) electrons. The first-order chi connectivity index (χ1) is 14.4. The molecule has 0 saturated carbocycles. The van der Waals surface area contributed by atoms with E-state index in [2.05, 4.69) is 10.1 Å². The molecule has 1 fully saturated rings. The van der Waals surface area contributed by atoms with Crippen LogP contribution in [0.3, 0.4) is 0 Å². The Kier molecular flexibility index (Phi) is 4.95. The lowest BCUT2D eigenvalue weighted by Gasteiger charge is -2.25. The second-order valence-corrected chi connectivity index (χ2v) is 7.37. The number of ketones is 1. The summed E-state index contributed by atoms with van der Waals surface area (Å²) in [6.07, 6.45) is 3.32. The van der Waals surface area contributed by atoms with Gasteiger partial charge in [0.25, 0.3) is 11.7 Å². The molecule has 1 amide bonds. The van der Waals surface area contributed by atoms with Crippen LogP contribution in [0.2, 0.25) is 0 Å². The number of aryl methyl sites for hydroxylation is 2. The fourth-order valence-corrected chi connectivity index (χ4v) is 3.96. The van der Waals surface area contributed by atoms with Gasteiger partial charge in [0.15, 0.2) is 0 Å². The molecule has 3 aromatic rings. The van der Waals surface area contributed by atoms with Gasteiger partial charge in [-0.25, -0.2) is 0 Å². The van der Waals surface area contributed by atoms with E-state index in [-0.39, 0.29) is 17.9 Å². The van der Waals surface area contributed by atoms with Crippen LogP contribution in [0.4, 0.5) is 0 Å². The summed E-state index contributed by atoms with van der Waals surface area (Å²) in [5, 5.41) is 15.5. The number of hydrogen-bond acceptors (Lipinski definition) is 5. The first kappa shape index (κ1) is 19.6. The van der Waals surface area contributed by atoms with E-state index < -0.39 is 17.7 Å². The number of amides is 1. The Bertz CT molecular complexity index is 1150. The molecule has 7 heteroatoms. The van der Waals surface area contributed by atoms with Gasteiger partial charge in [-0.05, 0) is 31.0 Å². The predicted molar refractivity (Wildman–Crippen MR) is 111 cm³/mol. The Morgan fingerprint density at radius 3 is 2.43 bits per heavy atom. The molecule has 1 atom stereocenters. The summed E-state index contributed by atoms with van der Waals surface area (Å²) in [7, 11) is 1.77.